The topological polar surface area (TPSA) is 15.3 Å². The van der Waals surface area contributed by atoms with Crippen LogP contribution in [0.2, 0.25) is 10.0 Å². The Balaban J connectivity index is 0.00000132. The maximum atomic E-state index is 6.55. The first-order valence-corrected chi connectivity index (χ1v) is 8.91. The zero-order valence-corrected chi connectivity index (χ0v) is 16.4. The van der Waals surface area contributed by atoms with Crippen LogP contribution in [-0.4, -0.2) is 31.1 Å². The average molecular weight is 400 g/mol. The van der Waals surface area contributed by atoms with E-state index in [0.717, 1.165) is 31.2 Å². The Morgan fingerprint density at radius 3 is 2.30 bits per heavy atom. The Kier molecular flexibility index (Phi) is 9.58. The minimum Gasteiger partial charge on any atom is -0.314 e. The molecule has 0 amide bonds. The SMILES string of the molecule is Cl.Cl.Clc1cccc([C@H](C2CCCCC2)N2CCNCC2)c1Cl. The summed E-state index contributed by atoms with van der Waals surface area (Å²) in [4.78, 5) is 2.62. The molecule has 1 heterocycles. The largest absolute Gasteiger partial charge is 0.314 e. The van der Waals surface area contributed by atoms with Gasteiger partial charge in [-0.05, 0) is 30.4 Å². The Bertz CT molecular complexity index is 454. The van der Waals surface area contributed by atoms with Crippen molar-refractivity contribution in [1.82, 2.24) is 10.2 Å². The molecule has 2 fully saturated rings. The van der Waals surface area contributed by atoms with Crippen LogP contribution in [0.4, 0.5) is 0 Å². The molecule has 1 aromatic carbocycles. The molecular weight excluding hydrogens is 374 g/mol. The molecule has 23 heavy (non-hydrogen) atoms. The number of piperazine rings is 1. The van der Waals surface area contributed by atoms with Crippen LogP contribution < -0.4 is 5.32 Å². The first kappa shape index (κ1) is 21.3. The van der Waals surface area contributed by atoms with Gasteiger partial charge in [0.25, 0.3) is 0 Å². The number of nitrogens with zero attached hydrogens (tertiary/aromatic N) is 1. The highest BCUT2D eigenvalue weighted by atomic mass is 35.5. The molecule has 2 nitrogen and oxygen atoms in total. The van der Waals surface area contributed by atoms with E-state index >= 15 is 0 Å². The van der Waals surface area contributed by atoms with Gasteiger partial charge in [-0.15, -0.1) is 24.8 Å². The molecule has 1 atom stereocenters. The van der Waals surface area contributed by atoms with Crippen LogP contribution in [-0.2, 0) is 0 Å². The van der Waals surface area contributed by atoms with E-state index in [2.05, 4.69) is 16.3 Å². The summed E-state index contributed by atoms with van der Waals surface area (Å²) in [5.41, 5.74) is 1.23. The second kappa shape index (κ2) is 10.3. The van der Waals surface area contributed by atoms with Crippen molar-refractivity contribution in [3.8, 4) is 0 Å². The van der Waals surface area contributed by atoms with Crippen molar-refractivity contribution in [2.24, 2.45) is 5.92 Å². The van der Waals surface area contributed by atoms with Gasteiger partial charge < -0.3 is 5.32 Å². The molecule has 3 rings (SSSR count). The molecule has 1 saturated heterocycles. The lowest BCUT2D eigenvalue weighted by molar-refractivity contribution is 0.103. The summed E-state index contributed by atoms with van der Waals surface area (Å²) in [6, 6.07) is 6.54. The van der Waals surface area contributed by atoms with Crippen molar-refractivity contribution >= 4 is 48.0 Å². The summed E-state index contributed by atoms with van der Waals surface area (Å²) in [6.07, 6.45) is 6.72. The minimum atomic E-state index is 0. The third-order valence-electron chi connectivity index (χ3n) is 4.94. The predicted molar refractivity (Wildman–Crippen MR) is 105 cm³/mol. The van der Waals surface area contributed by atoms with E-state index in [0.29, 0.717) is 17.0 Å². The first-order valence-electron chi connectivity index (χ1n) is 8.16. The number of nitrogens with one attached hydrogen (secondary N) is 1. The van der Waals surface area contributed by atoms with Crippen molar-refractivity contribution < 1.29 is 0 Å². The van der Waals surface area contributed by atoms with Gasteiger partial charge in [-0.25, -0.2) is 0 Å². The maximum Gasteiger partial charge on any atom is 0.0640 e. The van der Waals surface area contributed by atoms with Crippen LogP contribution in [0, 0.1) is 5.92 Å². The summed E-state index contributed by atoms with van der Waals surface area (Å²) >= 11 is 12.8. The zero-order chi connectivity index (χ0) is 14.7. The highest BCUT2D eigenvalue weighted by Gasteiger charge is 2.32. The lowest BCUT2D eigenvalue weighted by Gasteiger charge is -2.41. The molecule has 132 valence electrons. The van der Waals surface area contributed by atoms with Crippen molar-refractivity contribution in [2.45, 2.75) is 38.1 Å². The molecule has 1 aliphatic heterocycles. The van der Waals surface area contributed by atoms with Gasteiger partial charge in [-0.3, -0.25) is 4.90 Å². The molecule has 1 aromatic rings. The molecule has 2 aliphatic rings. The fourth-order valence-corrected chi connectivity index (χ4v) is 4.33. The molecule has 6 heteroatoms. The Morgan fingerprint density at radius 2 is 1.65 bits per heavy atom. The number of halogens is 4. The number of benzene rings is 1. The molecular formula is C17H26Cl4N2. The molecule has 0 aromatic heterocycles. The predicted octanol–water partition coefficient (Wildman–Crippen LogP) is 5.36. The first-order chi connectivity index (χ1) is 10.3. The van der Waals surface area contributed by atoms with E-state index < -0.39 is 0 Å². The van der Waals surface area contributed by atoms with E-state index in [1.807, 2.05) is 12.1 Å². The number of hydrogen-bond donors (Lipinski definition) is 1. The summed E-state index contributed by atoms with van der Waals surface area (Å²) in [6.45, 7) is 4.34. The quantitative estimate of drug-likeness (QED) is 0.735. The van der Waals surface area contributed by atoms with Gasteiger partial charge >= 0.3 is 0 Å². The van der Waals surface area contributed by atoms with Crippen LogP contribution in [0.3, 0.4) is 0 Å². The van der Waals surface area contributed by atoms with E-state index in [1.165, 1.54) is 37.7 Å². The minimum absolute atomic E-state index is 0. The van der Waals surface area contributed by atoms with Crippen molar-refractivity contribution in [1.29, 1.82) is 0 Å². The Labute approximate surface area is 162 Å². The lowest BCUT2D eigenvalue weighted by atomic mass is 9.80. The smallest absolute Gasteiger partial charge is 0.0640 e. The number of hydrogen-bond acceptors (Lipinski definition) is 2. The monoisotopic (exact) mass is 398 g/mol. The zero-order valence-electron chi connectivity index (χ0n) is 13.3. The van der Waals surface area contributed by atoms with Crippen LogP contribution in [0.5, 0.6) is 0 Å². The van der Waals surface area contributed by atoms with Crippen LogP contribution >= 0.6 is 48.0 Å². The third-order valence-corrected chi connectivity index (χ3v) is 5.77. The van der Waals surface area contributed by atoms with Crippen LogP contribution in [0.15, 0.2) is 18.2 Å². The molecule has 0 unspecified atom stereocenters. The van der Waals surface area contributed by atoms with Crippen molar-refractivity contribution in [2.75, 3.05) is 26.2 Å². The molecule has 0 spiro atoms. The second-order valence-electron chi connectivity index (χ2n) is 6.27. The Hall–Kier alpha value is 0.300. The van der Waals surface area contributed by atoms with Gasteiger partial charge in [0.2, 0.25) is 0 Å². The van der Waals surface area contributed by atoms with Gasteiger partial charge in [0.1, 0.15) is 0 Å². The van der Waals surface area contributed by atoms with Gasteiger partial charge in [0, 0.05) is 32.2 Å². The van der Waals surface area contributed by atoms with Gasteiger partial charge in [-0.2, -0.15) is 0 Å². The normalized spacial score (nSPS) is 21.1. The molecule has 0 bridgehead atoms. The Morgan fingerprint density at radius 1 is 1.00 bits per heavy atom. The fraction of sp³-hybridized carbons (Fsp3) is 0.647. The lowest BCUT2D eigenvalue weighted by Crippen LogP contribution is -2.47. The molecule has 0 radical (unpaired) electrons. The van der Waals surface area contributed by atoms with E-state index in [1.54, 1.807) is 0 Å². The average Bonchev–Trinajstić information content (AvgIpc) is 2.54. The standard InChI is InChI=1S/C17H24Cl2N2.2ClH/c18-15-8-4-7-14(16(15)19)17(13-5-2-1-3-6-13)21-11-9-20-10-12-21;;/h4,7-8,13,17,20H,1-3,5-6,9-12H2;2*1H/t17-;;/m0../s1. The highest BCUT2D eigenvalue weighted by molar-refractivity contribution is 6.42. The van der Waals surface area contributed by atoms with E-state index in [4.69, 9.17) is 23.2 Å². The van der Waals surface area contributed by atoms with E-state index in [-0.39, 0.29) is 24.8 Å². The maximum absolute atomic E-state index is 6.55. The van der Waals surface area contributed by atoms with Gasteiger partial charge in [-0.1, -0.05) is 54.6 Å². The summed E-state index contributed by atoms with van der Waals surface area (Å²) in [5, 5.41) is 4.89. The summed E-state index contributed by atoms with van der Waals surface area (Å²) in [5.74, 6) is 0.716. The van der Waals surface area contributed by atoms with Crippen LogP contribution in [0.25, 0.3) is 0 Å². The molecule has 1 saturated carbocycles. The molecule has 1 aliphatic carbocycles. The van der Waals surface area contributed by atoms with Gasteiger partial charge in [0.05, 0.1) is 10.0 Å². The molecule has 1 N–H and O–H groups in total. The summed E-state index contributed by atoms with van der Waals surface area (Å²) < 4.78 is 0. The van der Waals surface area contributed by atoms with Gasteiger partial charge in [0.15, 0.2) is 0 Å². The third kappa shape index (κ3) is 5.14. The van der Waals surface area contributed by atoms with E-state index in [9.17, 15) is 0 Å². The highest BCUT2D eigenvalue weighted by Crippen LogP contribution is 2.42. The van der Waals surface area contributed by atoms with Crippen molar-refractivity contribution in [3.63, 3.8) is 0 Å². The van der Waals surface area contributed by atoms with Crippen LogP contribution in [0.1, 0.15) is 43.7 Å². The summed E-state index contributed by atoms with van der Waals surface area (Å²) in [7, 11) is 0. The second-order valence-corrected chi connectivity index (χ2v) is 7.06. The number of rotatable bonds is 3. The van der Waals surface area contributed by atoms with Crippen molar-refractivity contribution in [3.05, 3.63) is 33.8 Å². The fourth-order valence-electron chi connectivity index (χ4n) is 3.91.